The third-order valence-electron chi connectivity index (χ3n) is 1.92. The third kappa shape index (κ3) is 4.04. The summed E-state index contributed by atoms with van der Waals surface area (Å²) in [6.07, 6.45) is 0.889. The molecule has 1 atom stereocenters. The average molecular weight is 294 g/mol. The molecule has 0 fully saturated rings. The number of rotatable bonds is 6. The molecule has 0 aliphatic carbocycles. The highest BCUT2D eigenvalue weighted by atomic mass is 79.9. The number of hydrogen-bond acceptors (Lipinski definition) is 5. The maximum Gasteiger partial charge on any atom is 0.204 e. The van der Waals surface area contributed by atoms with Crippen LogP contribution in [-0.2, 0) is 11.2 Å². The first-order valence-corrected chi connectivity index (χ1v) is 6.53. The Bertz CT molecular complexity index is 295. The second kappa shape index (κ2) is 6.40. The molecule has 0 bridgehead atoms. The maximum atomic E-state index is 5.06. The quantitative estimate of drug-likeness (QED) is 0.752. The molecule has 4 nitrogen and oxygen atoms in total. The van der Waals surface area contributed by atoms with Crippen LogP contribution in [0, 0.1) is 0 Å². The van der Waals surface area contributed by atoms with Crippen molar-refractivity contribution in [2.24, 2.45) is 0 Å². The van der Waals surface area contributed by atoms with Crippen LogP contribution in [0.5, 0.6) is 0 Å². The fourth-order valence-electron chi connectivity index (χ4n) is 1.15. The van der Waals surface area contributed by atoms with Crippen molar-refractivity contribution in [2.75, 3.05) is 32.2 Å². The van der Waals surface area contributed by atoms with Crippen molar-refractivity contribution in [2.45, 2.75) is 18.2 Å². The summed E-state index contributed by atoms with van der Waals surface area (Å²) in [5.41, 5.74) is 0. The van der Waals surface area contributed by atoms with Crippen molar-refractivity contribution in [1.82, 2.24) is 9.36 Å². The molecule has 1 aromatic heterocycles. The molecule has 0 N–H and O–H groups in total. The minimum atomic E-state index is 0.321. The van der Waals surface area contributed by atoms with E-state index in [1.165, 1.54) is 11.5 Å². The number of aryl methyl sites for hydroxylation is 1. The summed E-state index contributed by atoms with van der Waals surface area (Å²) >= 11 is 5.00. The highest BCUT2D eigenvalue weighted by Crippen LogP contribution is 2.17. The monoisotopic (exact) mass is 293 g/mol. The number of methoxy groups -OCH3 is 1. The van der Waals surface area contributed by atoms with Gasteiger partial charge < -0.3 is 9.64 Å². The van der Waals surface area contributed by atoms with E-state index in [0.717, 1.165) is 23.9 Å². The van der Waals surface area contributed by atoms with Crippen LogP contribution in [0.25, 0.3) is 0 Å². The fraction of sp³-hybridized carbons (Fsp3) is 0.778. The fourth-order valence-corrected chi connectivity index (χ4v) is 2.57. The van der Waals surface area contributed by atoms with Gasteiger partial charge in [-0.05, 0) is 0 Å². The lowest BCUT2D eigenvalue weighted by molar-refractivity contribution is 0.202. The van der Waals surface area contributed by atoms with E-state index in [9.17, 15) is 0 Å². The summed E-state index contributed by atoms with van der Waals surface area (Å²) in [7, 11) is 3.72. The molecule has 0 aliphatic rings. The Kier molecular flexibility index (Phi) is 5.49. The van der Waals surface area contributed by atoms with Crippen LogP contribution in [0.3, 0.4) is 0 Å². The van der Waals surface area contributed by atoms with Gasteiger partial charge in [0.25, 0.3) is 0 Å². The van der Waals surface area contributed by atoms with E-state index in [-0.39, 0.29) is 0 Å². The minimum absolute atomic E-state index is 0.321. The molecular weight excluding hydrogens is 278 g/mol. The lowest BCUT2D eigenvalue weighted by atomic mass is 10.4. The molecule has 0 radical (unpaired) electrons. The van der Waals surface area contributed by atoms with Crippen LogP contribution in [-0.4, -0.2) is 41.5 Å². The Morgan fingerprint density at radius 1 is 1.60 bits per heavy atom. The van der Waals surface area contributed by atoms with Crippen LogP contribution >= 0.6 is 27.5 Å². The molecule has 1 aromatic rings. The molecule has 0 aromatic carbocycles. The van der Waals surface area contributed by atoms with Crippen LogP contribution in [0.2, 0.25) is 0 Å². The summed E-state index contributed by atoms with van der Waals surface area (Å²) < 4.78 is 9.31. The first-order chi connectivity index (χ1) is 7.17. The molecule has 0 amide bonds. The zero-order valence-electron chi connectivity index (χ0n) is 9.23. The van der Waals surface area contributed by atoms with E-state index >= 15 is 0 Å². The van der Waals surface area contributed by atoms with Gasteiger partial charge in [0.15, 0.2) is 0 Å². The van der Waals surface area contributed by atoms with Gasteiger partial charge in [-0.25, -0.2) is 4.98 Å². The number of aromatic nitrogens is 2. The normalized spacial score (nSPS) is 12.8. The molecule has 86 valence electrons. The predicted molar refractivity (Wildman–Crippen MR) is 67.1 cm³/mol. The minimum Gasteiger partial charge on any atom is -0.383 e. The van der Waals surface area contributed by atoms with Crippen molar-refractivity contribution in [1.29, 1.82) is 0 Å². The molecule has 1 rings (SSSR count). The van der Waals surface area contributed by atoms with Crippen molar-refractivity contribution in [3.8, 4) is 0 Å². The summed E-state index contributed by atoms with van der Waals surface area (Å²) in [5.74, 6) is 0.916. The molecule has 0 saturated carbocycles. The van der Waals surface area contributed by atoms with Gasteiger partial charge in [0.05, 0.1) is 11.4 Å². The molecule has 1 heterocycles. The second-order valence-corrected chi connectivity index (χ2v) is 5.31. The van der Waals surface area contributed by atoms with Crippen LogP contribution in [0.4, 0.5) is 5.13 Å². The average Bonchev–Trinajstić information content (AvgIpc) is 2.66. The van der Waals surface area contributed by atoms with Gasteiger partial charge in [0.2, 0.25) is 5.13 Å². The van der Waals surface area contributed by atoms with Crippen molar-refractivity contribution in [3.63, 3.8) is 0 Å². The SMILES string of the molecule is CCc1nsc(N(C)CC(Br)COC)n1. The van der Waals surface area contributed by atoms with Gasteiger partial charge >= 0.3 is 0 Å². The number of nitrogens with zero attached hydrogens (tertiary/aromatic N) is 3. The smallest absolute Gasteiger partial charge is 0.204 e. The topological polar surface area (TPSA) is 38.2 Å². The van der Waals surface area contributed by atoms with Gasteiger partial charge in [-0.2, -0.15) is 4.37 Å². The first-order valence-electron chi connectivity index (χ1n) is 4.84. The Balaban J connectivity index is 2.49. The molecule has 1 unspecified atom stereocenters. The van der Waals surface area contributed by atoms with Crippen LogP contribution in [0.1, 0.15) is 12.7 Å². The molecular formula is C9H16BrN3OS. The van der Waals surface area contributed by atoms with Gasteiger partial charge in [0.1, 0.15) is 5.82 Å². The summed E-state index contributed by atoms with van der Waals surface area (Å²) in [6.45, 7) is 3.63. The predicted octanol–water partition coefficient (Wildman–Crippen LogP) is 1.95. The van der Waals surface area contributed by atoms with E-state index in [4.69, 9.17) is 4.74 Å². The van der Waals surface area contributed by atoms with Gasteiger partial charge in [-0.3, -0.25) is 0 Å². The lowest BCUT2D eigenvalue weighted by Gasteiger charge is -2.18. The summed E-state index contributed by atoms with van der Waals surface area (Å²) in [6, 6.07) is 0. The van der Waals surface area contributed by atoms with Gasteiger partial charge in [-0.1, -0.05) is 22.9 Å². The Hall–Kier alpha value is -0.200. The highest BCUT2D eigenvalue weighted by Gasteiger charge is 2.12. The number of alkyl halides is 1. The van der Waals surface area contributed by atoms with E-state index in [0.29, 0.717) is 11.4 Å². The summed E-state index contributed by atoms with van der Waals surface area (Å²) in [5, 5.41) is 0.965. The third-order valence-corrected chi connectivity index (χ3v) is 3.34. The van der Waals surface area contributed by atoms with E-state index < -0.39 is 0 Å². The highest BCUT2D eigenvalue weighted by molar-refractivity contribution is 9.09. The molecule has 0 saturated heterocycles. The maximum absolute atomic E-state index is 5.06. The largest absolute Gasteiger partial charge is 0.383 e. The lowest BCUT2D eigenvalue weighted by Crippen LogP contribution is -2.28. The Labute approximate surface area is 103 Å². The number of ether oxygens (including phenoxy) is 1. The standard InChI is InChI=1S/C9H16BrN3OS/c1-4-8-11-9(15-12-8)13(2)5-7(10)6-14-3/h7H,4-6H2,1-3H3. The van der Waals surface area contributed by atoms with E-state index in [2.05, 4.69) is 37.1 Å². The number of hydrogen-bond donors (Lipinski definition) is 0. The Morgan fingerprint density at radius 3 is 2.87 bits per heavy atom. The summed E-state index contributed by atoms with van der Waals surface area (Å²) in [4.78, 5) is 6.83. The van der Waals surface area contributed by atoms with Crippen LogP contribution < -0.4 is 4.90 Å². The van der Waals surface area contributed by atoms with Crippen molar-refractivity contribution < 1.29 is 4.74 Å². The van der Waals surface area contributed by atoms with Gasteiger partial charge in [0, 0.05) is 38.7 Å². The molecule has 0 aliphatic heterocycles. The van der Waals surface area contributed by atoms with Crippen molar-refractivity contribution in [3.05, 3.63) is 5.82 Å². The molecule has 0 spiro atoms. The van der Waals surface area contributed by atoms with E-state index in [1.54, 1.807) is 7.11 Å². The first kappa shape index (κ1) is 12.9. The molecule has 15 heavy (non-hydrogen) atoms. The van der Waals surface area contributed by atoms with Crippen molar-refractivity contribution >= 4 is 32.6 Å². The van der Waals surface area contributed by atoms with E-state index in [1.807, 2.05) is 7.05 Å². The van der Waals surface area contributed by atoms with Gasteiger partial charge in [-0.15, -0.1) is 0 Å². The zero-order valence-corrected chi connectivity index (χ0v) is 11.6. The molecule has 6 heteroatoms. The Morgan fingerprint density at radius 2 is 2.33 bits per heavy atom. The zero-order chi connectivity index (χ0) is 11.3. The number of anilines is 1. The second-order valence-electron chi connectivity index (χ2n) is 3.28. The number of halogens is 1. The van der Waals surface area contributed by atoms with Crippen LogP contribution in [0.15, 0.2) is 0 Å².